The fourth-order valence-corrected chi connectivity index (χ4v) is 1.98. The second kappa shape index (κ2) is 7.65. The fourth-order valence-electron chi connectivity index (χ4n) is 1.86. The van der Waals surface area contributed by atoms with Gasteiger partial charge in [0, 0.05) is 16.7 Å². The molecule has 5 nitrogen and oxygen atoms in total. The number of halogens is 1. The molecule has 120 valence electrons. The number of benzene rings is 2. The molecule has 23 heavy (non-hydrogen) atoms. The molecule has 0 aliphatic rings. The second-order valence-electron chi connectivity index (χ2n) is 4.61. The predicted octanol–water partition coefficient (Wildman–Crippen LogP) is 3.40. The van der Waals surface area contributed by atoms with Gasteiger partial charge < -0.3 is 14.2 Å². The van der Waals surface area contributed by atoms with Crippen LogP contribution >= 0.6 is 11.6 Å². The van der Waals surface area contributed by atoms with Gasteiger partial charge in [-0.05, 0) is 36.4 Å². The van der Waals surface area contributed by atoms with Crippen molar-refractivity contribution in [1.29, 1.82) is 0 Å². The third kappa shape index (κ3) is 4.47. The number of hydrogen-bond acceptors (Lipinski definition) is 5. The van der Waals surface area contributed by atoms with E-state index in [1.807, 2.05) is 0 Å². The van der Waals surface area contributed by atoms with E-state index in [0.29, 0.717) is 22.1 Å². The molecule has 0 aromatic heterocycles. The molecule has 0 spiro atoms. The van der Waals surface area contributed by atoms with E-state index in [9.17, 15) is 9.59 Å². The third-order valence-corrected chi connectivity index (χ3v) is 3.34. The van der Waals surface area contributed by atoms with Crippen molar-refractivity contribution in [2.24, 2.45) is 0 Å². The number of esters is 1. The van der Waals surface area contributed by atoms with Crippen LogP contribution in [0, 0.1) is 0 Å². The summed E-state index contributed by atoms with van der Waals surface area (Å²) in [6.07, 6.45) is 0. The number of carbonyl (C=O) groups is 2. The molecule has 0 amide bonds. The molecule has 6 heteroatoms. The van der Waals surface area contributed by atoms with E-state index in [1.54, 1.807) is 30.3 Å². The van der Waals surface area contributed by atoms with Crippen molar-refractivity contribution in [2.75, 3.05) is 20.8 Å². The van der Waals surface area contributed by atoms with Crippen molar-refractivity contribution in [3.05, 3.63) is 58.6 Å². The van der Waals surface area contributed by atoms with Gasteiger partial charge in [-0.15, -0.1) is 0 Å². The monoisotopic (exact) mass is 334 g/mol. The third-order valence-electron chi connectivity index (χ3n) is 3.09. The van der Waals surface area contributed by atoms with E-state index < -0.39 is 5.97 Å². The summed E-state index contributed by atoms with van der Waals surface area (Å²) in [7, 11) is 2.96. The lowest BCUT2D eigenvalue weighted by molar-refractivity contribution is 0.0474. The molecule has 0 aliphatic heterocycles. The highest BCUT2D eigenvalue weighted by molar-refractivity contribution is 6.30. The molecule has 0 saturated carbocycles. The highest BCUT2D eigenvalue weighted by atomic mass is 35.5. The molecule has 0 radical (unpaired) electrons. The van der Waals surface area contributed by atoms with Crippen LogP contribution in [0.25, 0.3) is 0 Å². The quantitative estimate of drug-likeness (QED) is 0.598. The molecule has 0 unspecified atom stereocenters. The number of carbonyl (C=O) groups excluding carboxylic acids is 2. The largest absolute Gasteiger partial charge is 0.497 e. The summed E-state index contributed by atoms with van der Waals surface area (Å²) in [5, 5.41) is 0.530. The Balaban J connectivity index is 2.04. The molecule has 0 heterocycles. The summed E-state index contributed by atoms with van der Waals surface area (Å²) in [6.45, 7) is -0.361. The normalized spacial score (nSPS) is 10.0. The van der Waals surface area contributed by atoms with E-state index in [2.05, 4.69) is 0 Å². The van der Waals surface area contributed by atoms with Crippen molar-refractivity contribution in [3.8, 4) is 11.5 Å². The Labute approximate surface area is 138 Å². The SMILES string of the molecule is COc1cc(OC)cc(C(=O)OCC(=O)c2ccc(Cl)cc2)c1. The first-order valence-electron chi connectivity index (χ1n) is 6.72. The molecule has 0 fully saturated rings. The average molecular weight is 335 g/mol. The van der Waals surface area contributed by atoms with Gasteiger partial charge in [-0.25, -0.2) is 4.79 Å². The highest BCUT2D eigenvalue weighted by Gasteiger charge is 2.14. The highest BCUT2D eigenvalue weighted by Crippen LogP contribution is 2.23. The number of hydrogen-bond donors (Lipinski definition) is 0. The lowest BCUT2D eigenvalue weighted by Crippen LogP contribution is -2.14. The summed E-state index contributed by atoms with van der Waals surface area (Å²) in [6, 6.07) is 11.0. The Bertz CT molecular complexity index is 687. The zero-order chi connectivity index (χ0) is 16.8. The summed E-state index contributed by atoms with van der Waals surface area (Å²) in [4.78, 5) is 24.0. The minimum Gasteiger partial charge on any atom is -0.497 e. The molecule has 2 aromatic rings. The van der Waals surface area contributed by atoms with E-state index >= 15 is 0 Å². The maximum absolute atomic E-state index is 12.1. The van der Waals surface area contributed by atoms with Gasteiger partial charge in [-0.3, -0.25) is 4.79 Å². The summed E-state index contributed by atoms with van der Waals surface area (Å²) >= 11 is 5.76. The summed E-state index contributed by atoms with van der Waals surface area (Å²) in [5.74, 6) is -0.0324. The first-order chi connectivity index (χ1) is 11.0. The predicted molar refractivity (Wildman–Crippen MR) is 85.6 cm³/mol. The van der Waals surface area contributed by atoms with Gasteiger partial charge in [0.1, 0.15) is 11.5 Å². The van der Waals surface area contributed by atoms with Crippen LogP contribution in [0.3, 0.4) is 0 Å². The summed E-state index contributed by atoms with van der Waals surface area (Å²) in [5.41, 5.74) is 0.663. The lowest BCUT2D eigenvalue weighted by Gasteiger charge is -2.08. The molecule has 2 aromatic carbocycles. The number of Topliss-reactive ketones (excluding diaryl/α,β-unsaturated/α-hetero) is 1. The van der Waals surface area contributed by atoms with Crippen LogP contribution in [-0.2, 0) is 4.74 Å². The van der Waals surface area contributed by atoms with Crippen LogP contribution in [-0.4, -0.2) is 32.6 Å². The first-order valence-corrected chi connectivity index (χ1v) is 7.10. The molecule has 0 bridgehead atoms. The van der Waals surface area contributed by atoms with Gasteiger partial charge in [0.25, 0.3) is 0 Å². The Morgan fingerprint density at radius 3 is 2.00 bits per heavy atom. The van der Waals surface area contributed by atoms with E-state index in [1.165, 1.54) is 26.4 Å². The average Bonchev–Trinajstić information content (AvgIpc) is 2.59. The number of ether oxygens (including phenoxy) is 3. The molecule has 2 rings (SSSR count). The smallest absolute Gasteiger partial charge is 0.338 e. The number of rotatable bonds is 6. The molecule has 0 aliphatic carbocycles. The summed E-state index contributed by atoms with van der Waals surface area (Å²) < 4.78 is 15.2. The zero-order valence-electron chi connectivity index (χ0n) is 12.7. The Morgan fingerprint density at radius 1 is 0.913 bits per heavy atom. The van der Waals surface area contributed by atoms with Gasteiger partial charge in [0.15, 0.2) is 12.4 Å². The zero-order valence-corrected chi connectivity index (χ0v) is 13.4. The second-order valence-corrected chi connectivity index (χ2v) is 5.04. The molecule has 0 saturated heterocycles. The van der Waals surface area contributed by atoms with Crippen molar-refractivity contribution in [1.82, 2.24) is 0 Å². The number of ketones is 1. The Hall–Kier alpha value is -2.53. The van der Waals surface area contributed by atoms with Crippen LogP contribution in [0.4, 0.5) is 0 Å². The lowest BCUT2D eigenvalue weighted by atomic mass is 10.1. The minimum absolute atomic E-state index is 0.241. The number of methoxy groups -OCH3 is 2. The van der Waals surface area contributed by atoms with E-state index in [4.69, 9.17) is 25.8 Å². The van der Waals surface area contributed by atoms with Crippen molar-refractivity contribution < 1.29 is 23.8 Å². The van der Waals surface area contributed by atoms with Crippen LogP contribution in [0.15, 0.2) is 42.5 Å². The first kappa shape index (κ1) is 16.8. The standard InChI is InChI=1S/C17H15ClO5/c1-21-14-7-12(8-15(9-14)22-2)17(20)23-10-16(19)11-3-5-13(18)6-4-11/h3-9H,10H2,1-2H3. The van der Waals surface area contributed by atoms with Gasteiger partial charge >= 0.3 is 5.97 Å². The van der Waals surface area contributed by atoms with E-state index in [0.717, 1.165) is 0 Å². The van der Waals surface area contributed by atoms with Gasteiger partial charge in [-0.1, -0.05) is 11.6 Å². The van der Waals surface area contributed by atoms with Crippen molar-refractivity contribution in [3.63, 3.8) is 0 Å². The van der Waals surface area contributed by atoms with Crippen molar-refractivity contribution >= 4 is 23.4 Å². The minimum atomic E-state index is -0.635. The van der Waals surface area contributed by atoms with Gasteiger partial charge in [0.05, 0.1) is 19.8 Å². The Kier molecular flexibility index (Phi) is 5.60. The van der Waals surface area contributed by atoms with E-state index in [-0.39, 0.29) is 18.0 Å². The molecule has 0 atom stereocenters. The van der Waals surface area contributed by atoms with Gasteiger partial charge in [-0.2, -0.15) is 0 Å². The van der Waals surface area contributed by atoms with Crippen LogP contribution in [0.5, 0.6) is 11.5 Å². The molecular weight excluding hydrogens is 320 g/mol. The Morgan fingerprint density at radius 2 is 1.48 bits per heavy atom. The van der Waals surface area contributed by atoms with Crippen LogP contribution in [0.2, 0.25) is 5.02 Å². The van der Waals surface area contributed by atoms with Gasteiger partial charge in [0.2, 0.25) is 0 Å². The molecule has 0 N–H and O–H groups in total. The van der Waals surface area contributed by atoms with Crippen molar-refractivity contribution in [2.45, 2.75) is 0 Å². The molecular formula is C17H15ClO5. The topological polar surface area (TPSA) is 61.8 Å². The van der Waals surface area contributed by atoms with Crippen LogP contribution < -0.4 is 9.47 Å². The maximum atomic E-state index is 12.1. The van der Waals surface area contributed by atoms with Crippen LogP contribution in [0.1, 0.15) is 20.7 Å². The fraction of sp³-hybridized carbons (Fsp3) is 0.176. The maximum Gasteiger partial charge on any atom is 0.338 e.